The summed E-state index contributed by atoms with van der Waals surface area (Å²) in [6, 6.07) is 0. The summed E-state index contributed by atoms with van der Waals surface area (Å²) in [4.78, 5) is 0. The number of hydrogen-bond donors (Lipinski definition) is 0. The number of unbranched alkanes of at least 4 members (excludes halogenated alkanes) is 2. The smallest absolute Gasteiger partial charge is 0.286 e. The number of rotatable bonds is 10. The largest absolute Gasteiger partial charge is 0.428 e. The standard InChI is InChI=1S/C12H20N2O2/c1-2-3-6-12(9-16-11-14)7-4-5-8-15-10-13/h12H,2-9H2,1H3. The zero-order chi connectivity index (χ0) is 12.1. The van der Waals surface area contributed by atoms with Crippen LogP contribution in [0, 0.1) is 29.0 Å². The van der Waals surface area contributed by atoms with E-state index in [1.165, 1.54) is 12.8 Å². The summed E-state index contributed by atoms with van der Waals surface area (Å²) in [6.07, 6.45) is 9.77. The molecule has 0 aromatic rings. The Balaban J connectivity index is 3.57. The average molecular weight is 224 g/mol. The lowest BCUT2D eigenvalue weighted by atomic mass is 9.97. The highest BCUT2D eigenvalue weighted by Gasteiger charge is 2.08. The molecular weight excluding hydrogens is 204 g/mol. The highest BCUT2D eigenvalue weighted by Crippen LogP contribution is 2.16. The van der Waals surface area contributed by atoms with E-state index in [0.29, 0.717) is 19.1 Å². The molecule has 0 saturated carbocycles. The van der Waals surface area contributed by atoms with Crippen LogP contribution in [0.2, 0.25) is 0 Å². The second kappa shape index (κ2) is 11.7. The van der Waals surface area contributed by atoms with Gasteiger partial charge in [0.1, 0.15) is 13.2 Å². The quantitative estimate of drug-likeness (QED) is 0.422. The summed E-state index contributed by atoms with van der Waals surface area (Å²) in [5.74, 6) is 0.460. The first-order chi connectivity index (χ1) is 7.85. The van der Waals surface area contributed by atoms with E-state index >= 15 is 0 Å². The molecule has 0 spiro atoms. The van der Waals surface area contributed by atoms with Crippen LogP contribution in [0.15, 0.2) is 0 Å². The normalized spacial score (nSPS) is 11.2. The van der Waals surface area contributed by atoms with Gasteiger partial charge in [-0.1, -0.05) is 19.8 Å². The molecule has 0 aliphatic rings. The van der Waals surface area contributed by atoms with Crippen LogP contribution in [0.5, 0.6) is 0 Å². The molecule has 0 amide bonds. The molecule has 0 rings (SSSR count). The van der Waals surface area contributed by atoms with Crippen molar-refractivity contribution in [3.63, 3.8) is 0 Å². The van der Waals surface area contributed by atoms with Gasteiger partial charge in [0.25, 0.3) is 12.5 Å². The van der Waals surface area contributed by atoms with Crippen LogP contribution in [0.3, 0.4) is 0 Å². The summed E-state index contributed by atoms with van der Waals surface area (Å²) < 4.78 is 9.39. The summed E-state index contributed by atoms with van der Waals surface area (Å²) in [7, 11) is 0. The number of ether oxygens (including phenoxy) is 2. The van der Waals surface area contributed by atoms with Gasteiger partial charge in [0.2, 0.25) is 0 Å². The molecule has 0 fully saturated rings. The molecule has 0 bridgehead atoms. The van der Waals surface area contributed by atoms with E-state index in [0.717, 1.165) is 25.7 Å². The number of nitrogens with zero attached hydrogens (tertiary/aromatic N) is 2. The zero-order valence-electron chi connectivity index (χ0n) is 9.95. The molecule has 16 heavy (non-hydrogen) atoms. The summed E-state index contributed by atoms with van der Waals surface area (Å²) in [5, 5.41) is 16.5. The van der Waals surface area contributed by atoms with Crippen LogP contribution < -0.4 is 0 Å². The number of nitriles is 2. The third-order valence-electron chi connectivity index (χ3n) is 2.52. The lowest BCUT2D eigenvalue weighted by molar-refractivity contribution is 0.187. The third kappa shape index (κ3) is 9.15. The fraction of sp³-hybridized carbons (Fsp3) is 0.833. The van der Waals surface area contributed by atoms with Gasteiger partial charge >= 0.3 is 0 Å². The van der Waals surface area contributed by atoms with E-state index in [1.54, 1.807) is 12.5 Å². The van der Waals surface area contributed by atoms with Gasteiger partial charge in [-0.3, -0.25) is 0 Å². The Kier molecular flexibility index (Phi) is 10.6. The Bertz CT molecular complexity index is 230. The molecule has 0 radical (unpaired) electrons. The maximum absolute atomic E-state index is 8.35. The van der Waals surface area contributed by atoms with Crippen molar-refractivity contribution in [1.29, 1.82) is 10.5 Å². The molecule has 90 valence electrons. The van der Waals surface area contributed by atoms with Crippen LogP contribution in [-0.4, -0.2) is 13.2 Å². The van der Waals surface area contributed by atoms with Crippen molar-refractivity contribution in [2.24, 2.45) is 5.92 Å². The predicted molar refractivity (Wildman–Crippen MR) is 60.0 cm³/mol. The van der Waals surface area contributed by atoms with E-state index in [1.807, 2.05) is 0 Å². The van der Waals surface area contributed by atoms with Gasteiger partial charge in [0.05, 0.1) is 0 Å². The van der Waals surface area contributed by atoms with E-state index in [4.69, 9.17) is 15.3 Å². The molecule has 0 saturated heterocycles. The third-order valence-corrected chi connectivity index (χ3v) is 2.52. The fourth-order valence-electron chi connectivity index (χ4n) is 1.61. The Labute approximate surface area is 97.8 Å². The van der Waals surface area contributed by atoms with Gasteiger partial charge in [0.15, 0.2) is 0 Å². The topological polar surface area (TPSA) is 66.0 Å². The first-order valence-electron chi connectivity index (χ1n) is 5.86. The Hall–Kier alpha value is -1.42. The molecule has 0 N–H and O–H groups in total. The van der Waals surface area contributed by atoms with Crippen LogP contribution in [0.1, 0.15) is 45.4 Å². The predicted octanol–water partition coefficient (Wildman–Crippen LogP) is 2.96. The highest BCUT2D eigenvalue weighted by atomic mass is 16.5. The molecular formula is C12H20N2O2. The highest BCUT2D eigenvalue weighted by molar-refractivity contribution is 4.62. The second-order valence-electron chi connectivity index (χ2n) is 3.85. The van der Waals surface area contributed by atoms with Gasteiger partial charge in [-0.05, 0) is 31.6 Å². The van der Waals surface area contributed by atoms with Crippen molar-refractivity contribution in [2.75, 3.05) is 13.2 Å². The minimum absolute atomic E-state index is 0.460. The molecule has 0 aromatic heterocycles. The van der Waals surface area contributed by atoms with Crippen LogP contribution in [0.25, 0.3) is 0 Å². The molecule has 1 atom stereocenters. The first kappa shape index (κ1) is 14.6. The average Bonchev–Trinajstić information content (AvgIpc) is 2.31. The summed E-state index contributed by atoms with van der Waals surface area (Å²) in [6.45, 7) is 3.18. The lowest BCUT2D eigenvalue weighted by Gasteiger charge is -2.14. The molecule has 0 aliphatic carbocycles. The van der Waals surface area contributed by atoms with Crippen molar-refractivity contribution >= 4 is 0 Å². The van der Waals surface area contributed by atoms with E-state index < -0.39 is 0 Å². The Morgan fingerprint density at radius 1 is 1.00 bits per heavy atom. The van der Waals surface area contributed by atoms with Crippen molar-refractivity contribution in [3.8, 4) is 12.5 Å². The molecule has 4 heteroatoms. The Morgan fingerprint density at radius 3 is 2.31 bits per heavy atom. The summed E-state index contributed by atoms with van der Waals surface area (Å²) >= 11 is 0. The van der Waals surface area contributed by atoms with Crippen LogP contribution in [-0.2, 0) is 9.47 Å². The maximum Gasteiger partial charge on any atom is 0.286 e. The summed E-state index contributed by atoms with van der Waals surface area (Å²) in [5.41, 5.74) is 0. The van der Waals surface area contributed by atoms with Crippen molar-refractivity contribution < 1.29 is 9.47 Å². The SMILES string of the molecule is CCCCC(CCCCOC#N)COC#N. The molecule has 4 nitrogen and oxygen atoms in total. The van der Waals surface area contributed by atoms with Crippen LogP contribution >= 0.6 is 0 Å². The lowest BCUT2D eigenvalue weighted by Crippen LogP contribution is -2.08. The van der Waals surface area contributed by atoms with Gasteiger partial charge in [-0.2, -0.15) is 10.5 Å². The molecule has 1 unspecified atom stereocenters. The minimum Gasteiger partial charge on any atom is -0.428 e. The minimum atomic E-state index is 0.460. The van der Waals surface area contributed by atoms with Gasteiger partial charge < -0.3 is 9.47 Å². The van der Waals surface area contributed by atoms with Crippen molar-refractivity contribution in [3.05, 3.63) is 0 Å². The van der Waals surface area contributed by atoms with Crippen molar-refractivity contribution in [2.45, 2.75) is 45.4 Å². The van der Waals surface area contributed by atoms with E-state index in [9.17, 15) is 0 Å². The monoisotopic (exact) mass is 224 g/mol. The van der Waals surface area contributed by atoms with Gasteiger partial charge in [-0.25, -0.2) is 0 Å². The first-order valence-corrected chi connectivity index (χ1v) is 5.86. The van der Waals surface area contributed by atoms with Gasteiger partial charge in [-0.15, -0.1) is 0 Å². The van der Waals surface area contributed by atoms with E-state index in [2.05, 4.69) is 11.7 Å². The second-order valence-corrected chi connectivity index (χ2v) is 3.85. The van der Waals surface area contributed by atoms with E-state index in [-0.39, 0.29) is 0 Å². The van der Waals surface area contributed by atoms with Crippen LogP contribution in [0.4, 0.5) is 0 Å². The number of hydrogen-bond acceptors (Lipinski definition) is 4. The molecule has 0 heterocycles. The zero-order valence-corrected chi connectivity index (χ0v) is 9.95. The fourth-order valence-corrected chi connectivity index (χ4v) is 1.61. The van der Waals surface area contributed by atoms with Gasteiger partial charge in [0, 0.05) is 0 Å². The van der Waals surface area contributed by atoms with Crippen molar-refractivity contribution in [1.82, 2.24) is 0 Å². The maximum atomic E-state index is 8.35. The molecule has 0 aromatic carbocycles. The Morgan fingerprint density at radius 2 is 1.69 bits per heavy atom. The molecule has 0 aliphatic heterocycles.